The van der Waals surface area contributed by atoms with Gasteiger partial charge in [0, 0.05) is 19.9 Å². The zero-order valence-electron chi connectivity index (χ0n) is 13.7. The average Bonchev–Trinajstić information content (AvgIpc) is 2.47. The Morgan fingerprint density at radius 3 is 2.36 bits per heavy atom. The van der Waals surface area contributed by atoms with Gasteiger partial charge in [-0.25, -0.2) is 0 Å². The van der Waals surface area contributed by atoms with Gasteiger partial charge in [0.05, 0.1) is 5.70 Å². The molecule has 0 atom stereocenters. The van der Waals surface area contributed by atoms with E-state index in [1.807, 2.05) is 43.3 Å². The predicted molar refractivity (Wildman–Crippen MR) is 87.6 cm³/mol. The highest BCUT2D eigenvalue weighted by molar-refractivity contribution is 6.01. The summed E-state index contributed by atoms with van der Waals surface area (Å²) >= 11 is 0. The van der Waals surface area contributed by atoms with Crippen molar-refractivity contribution in [1.82, 2.24) is 10.2 Å². The highest BCUT2D eigenvalue weighted by Crippen LogP contribution is 2.14. The summed E-state index contributed by atoms with van der Waals surface area (Å²) in [7, 11) is 3.98. The molecule has 0 aliphatic carbocycles. The van der Waals surface area contributed by atoms with Gasteiger partial charge in [0.25, 0.3) is 0 Å². The lowest BCUT2D eigenvalue weighted by atomic mass is 10.1. The summed E-state index contributed by atoms with van der Waals surface area (Å²) in [6.07, 6.45) is 2.00. The molecule has 1 N–H and O–H groups in total. The highest BCUT2D eigenvalue weighted by Gasteiger charge is 2.07. The fourth-order valence-corrected chi connectivity index (χ4v) is 1.64. The Hall–Kier alpha value is -2.14. The van der Waals surface area contributed by atoms with Gasteiger partial charge in [0.1, 0.15) is 12.4 Å². The topological polar surface area (TPSA) is 58.6 Å². The Labute approximate surface area is 132 Å². The molecule has 0 bridgehead atoms. The Kier molecular flexibility index (Phi) is 7.32. The van der Waals surface area contributed by atoms with Crippen molar-refractivity contribution in [3.8, 4) is 5.75 Å². The molecule has 0 aliphatic rings. The normalized spacial score (nSPS) is 11.4. The summed E-state index contributed by atoms with van der Waals surface area (Å²) in [5.41, 5.74) is 1.13. The van der Waals surface area contributed by atoms with Crippen molar-refractivity contribution >= 4 is 17.8 Å². The van der Waals surface area contributed by atoms with Crippen molar-refractivity contribution < 1.29 is 14.3 Å². The molecule has 5 nitrogen and oxygen atoms in total. The summed E-state index contributed by atoms with van der Waals surface area (Å²) in [5, 5.41) is 2.61. The number of benzene rings is 1. The van der Waals surface area contributed by atoms with Gasteiger partial charge in [-0.1, -0.05) is 19.1 Å². The van der Waals surface area contributed by atoms with Crippen molar-refractivity contribution in [2.45, 2.75) is 20.3 Å². The number of allylic oxidation sites excluding steroid dienone is 1. The van der Waals surface area contributed by atoms with Gasteiger partial charge < -0.3 is 15.0 Å². The smallest absolute Gasteiger partial charge is 0.224 e. The van der Waals surface area contributed by atoms with E-state index in [1.165, 1.54) is 6.92 Å². The molecule has 0 saturated heterocycles. The molecule has 120 valence electrons. The maximum Gasteiger partial charge on any atom is 0.224 e. The molecule has 0 aliphatic heterocycles. The van der Waals surface area contributed by atoms with Gasteiger partial charge in [0.2, 0.25) is 5.91 Å². The summed E-state index contributed by atoms with van der Waals surface area (Å²) in [6.45, 7) is 4.64. The first-order valence-electron chi connectivity index (χ1n) is 7.32. The number of rotatable bonds is 8. The molecule has 1 aromatic rings. The molecule has 0 fully saturated rings. The Bertz CT molecular complexity index is 533. The fourth-order valence-electron chi connectivity index (χ4n) is 1.64. The Morgan fingerprint density at radius 2 is 1.86 bits per heavy atom. The van der Waals surface area contributed by atoms with Crippen LogP contribution in [0, 0.1) is 0 Å². The van der Waals surface area contributed by atoms with E-state index in [1.54, 1.807) is 13.0 Å². The van der Waals surface area contributed by atoms with Crippen LogP contribution in [0.25, 0.3) is 6.08 Å². The van der Waals surface area contributed by atoms with Crippen LogP contribution < -0.4 is 10.1 Å². The number of carbonyl (C=O) groups excluding carboxylic acids is 2. The van der Waals surface area contributed by atoms with Crippen molar-refractivity contribution in [2.24, 2.45) is 0 Å². The monoisotopic (exact) mass is 304 g/mol. The van der Waals surface area contributed by atoms with E-state index in [4.69, 9.17) is 4.74 Å². The summed E-state index contributed by atoms with van der Waals surface area (Å²) in [4.78, 5) is 25.0. The average molecular weight is 304 g/mol. The number of nitrogens with one attached hydrogen (secondary N) is 1. The molecular formula is C17H24N2O3. The number of ketones is 1. The maximum atomic E-state index is 11.6. The lowest BCUT2D eigenvalue weighted by Gasteiger charge is -2.11. The summed E-state index contributed by atoms with van der Waals surface area (Å²) in [6, 6.07) is 7.40. The van der Waals surface area contributed by atoms with Crippen LogP contribution in [0.15, 0.2) is 30.0 Å². The van der Waals surface area contributed by atoms with E-state index in [2.05, 4.69) is 5.32 Å². The molecule has 0 saturated carbocycles. The summed E-state index contributed by atoms with van der Waals surface area (Å²) in [5.74, 6) is 0.430. The van der Waals surface area contributed by atoms with Crippen LogP contribution in [0.1, 0.15) is 25.8 Å². The van der Waals surface area contributed by atoms with Crippen LogP contribution >= 0.6 is 0 Å². The minimum absolute atomic E-state index is 0.173. The third-order valence-corrected chi connectivity index (χ3v) is 2.97. The number of nitrogens with zero attached hydrogens (tertiary/aromatic N) is 1. The van der Waals surface area contributed by atoms with E-state index in [9.17, 15) is 9.59 Å². The van der Waals surface area contributed by atoms with Crippen molar-refractivity contribution in [3.05, 3.63) is 35.5 Å². The largest absolute Gasteiger partial charge is 0.492 e. The van der Waals surface area contributed by atoms with Gasteiger partial charge in [0.15, 0.2) is 5.78 Å². The molecule has 1 aromatic carbocycles. The fraction of sp³-hybridized carbons (Fsp3) is 0.412. The van der Waals surface area contributed by atoms with Crippen molar-refractivity contribution in [3.63, 3.8) is 0 Å². The van der Waals surface area contributed by atoms with Crippen LogP contribution in [0.4, 0.5) is 0 Å². The quantitative estimate of drug-likeness (QED) is 0.747. The van der Waals surface area contributed by atoms with E-state index in [-0.39, 0.29) is 11.7 Å². The van der Waals surface area contributed by atoms with Crippen LogP contribution in [-0.4, -0.2) is 43.8 Å². The van der Waals surface area contributed by atoms with Crippen molar-refractivity contribution in [2.75, 3.05) is 27.2 Å². The number of ether oxygens (including phenoxy) is 1. The van der Waals surface area contributed by atoms with Gasteiger partial charge in [-0.3, -0.25) is 9.59 Å². The number of hydrogen-bond acceptors (Lipinski definition) is 4. The first-order chi connectivity index (χ1) is 10.4. The molecule has 0 aromatic heterocycles. The standard InChI is InChI=1S/C17H24N2O3/c1-5-17(21)18-16(13(2)20)12-14-6-8-15(9-7-14)22-11-10-19(3)4/h6-9,12H,5,10-11H2,1-4H3,(H,18,21)/b16-12-. The van der Waals surface area contributed by atoms with Crippen LogP contribution in [0.2, 0.25) is 0 Å². The number of carbonyl (C=O) groups is 2. The van der Waals surface area contributed by atoms with Crippen LogP contribution in [0.5, 0.6) is 5.75 Å². The van der Waals surface area contributed by atoms with E-state index in [0.717, 1.165) is 17.9 Å². The highest BCUT2D eigenvalue weighted by atomic mass is 16.5. The SMILES string of the molecule is CCC(=O)N/C(=C\c1ccc(OCCN(C)C)cc1)C(C)=O. The minimum Gasteiger partial charge on any atom is -0.492 e. The van der Waals surface area contributed by atoms with Crippen LogP contribution in [0.3, 0.4) is 0 Å². The minimum atomic E-state index is -0.176. The molecular weight excluding hydrogens is 280 g/mol. The van der Waals surface area contributed by atoms with Gasteiger partial charge in [-0.15, -0.1) is 0 Å². The van der Waals surface area contributed by atoms with E-state index in [0.29, 0.717) is 18.7 Å². The Morgan fingerprint density at radius 1 is 1.23 bits per heavy atom. The Balaban J connectivity index is 2.73. The molecule has 22 heavy (non-hydrogen) atoms. The molecule has 0 heterocycles. The van der Waals surface area contributed by atoms with E-state index < -0.39 is 0 Å². The second-order valence-electron chi connectivity index (χ2n) is 5.24. The molecule has 0 radical (unpaired) electrons. The first-order valence-corrected chi connectivity index (χ1v) is 7.32. The molecule has 0 unspecified atom stereocenters. The molecule has 1 amide bonds. The zero-order valence-corrected chi connectivity index (χ0v) is 13.7. The second-order valence-corrected chi connectivity index (χ2v) is 5.24. The van der Waals surface area contributed by atoms with Gasteiger partial charge >= 0.3 is 0 Å². The summed E-state index contributed by atoms with van der Waals surface area (Å²) < 4.78 is 5.61. The van der Waals surface area contributed by atoms with Gasteiger partial charge in [-0.2, -0.15) is 0 Å². The second kappa shape index (κ2) is 9.00. The molecule has 1 rings (SSSR count). The number of Topliss-reactive ketones (excluding diaryl/α,β-unsaturated/α-hetero) is 1. The van der Waals surface area contributed by atoms with Crippen molar-refractivity contribution in [1.29, 1.82) is 0 Å². The lowest BCUT2D eigenvalue weighted by molar-refractivity contribution is -0.122. The third-order valence-electron chi connectivity index (χ3n) is 2.97. The van der Waals surface area contributed by atoms with Crippen LogP contribution in [-0.2, 0) is 9.59 Å². The molecule has 5 heteroatoms. The molecule has 0 spiro atoms. The number of amides is 1. The zero-order chi connectivity index (χ0) is 16.5. The predicted octanol–water partition coefficient (Wildman–Crippen LogP) is 2.08. The first kappa shape index (κ1) is 17.9. The lowest BCUT2D eigenvalue weighted by Crippen LogP contribution is -2.25. The third kappa shape index (κ3) is 6.54. The van der Waals surface area contributed by atoms with Gasteiger partial charge in [-0.05, 0) is 37.9 Å². The maximum absolute atomic E-state index is 11.6. The van der Waals surface area contributed by atoms with E-state index >= 15 is 0 Å². The number of likely N-dealkylation sites (N-methyl/N-ethyl adjacent to an activating group) is 1. The number of hydrogen-bond donors (Lipinski definition) is 1.